The number of aromatic nitrogens is 4. The first-order valence-corrected chi connectivity index (χ1v) is 8.30. The predicted molar refractivity (Wildman–Crippen MR) is 89.7 cm³/mol. The van der Waals surface area contributed by atoms with E-state index in [1.807, 2.05) is 0 Å². The number of aliphatic hydroxyl groups excluding tert-OH is 2. The predicted octanol–water partition coefficient (Wildman–Crippen LogP) is -1.000. The van der Waals surface area contributed by atoms with Gasteiger partial charge in [0.25, 0.3) is 0 Å². The monoisotopic (exact) mass is 366 g/mol. The molecule has 26 heavy (non-hydrogen) atoms. The van der Waals surface area contributed by atoms with Crippen LogP contribution in [0, 0.1) is 0 Å². The number of carbonyl (C=O) groups is 1. The van der Waals surface area contributed by atoms with E-state index in [1.165, 1.54) is 17.2 Å². The van der Waals surface area contributed by atoms with Crippen LogP contribution >= 0.6 is 0 Å². The quantitative estimate of drug-likeness (QED) is 0.407. The molecule has 0 aromatic carbocycles. The Balaban J connectivity index is 1.69. The lowest BCUT2D eigenvalue weighted by Crippen LogP contribution is -2.35. The molecular formula is C15H22N6O5. The Morgan fingerprint density at radius 3 is 2.81 bits per heavy atom. The third-order valence-electron chi connectivity index (χ3n) is 4.50. The fourth-order valence-electron chi connectivity index (χ4n) is 3.14. The summed E-state index contributed by atoms with van der Waals surface area (Å²) in [7, 11) is 0. The van der Waals surface area contributed by atoms with E-state index in [0.29, 0.717) is 24.0 Å². The van der Waals surface area contributed by atoms with E-state index in [-0.39, 0.29) is 24.7 Å². The number of aliphatic carboxylic acids is 1. The van der Waals surface area contributed by atoms with Crippen molar-refractivity contribution in [2.45, 2.75) is 56.3 Å². The molecule has 3 heterocycles. The van der Waals surface area contributed by atoms with Gasteiger partial charge in [-0.15, -0.1) is 0 Å². The van der Waals surface area contributed by atoms with E-state index < -0.39 is 30.5 Å². The van der Waals surface area contributed by atoms with Crippen LogP contribution in [0.15, 0.2) is 12.7 Å². The van der Waals surface area contributed by atoms with Crippen molar-refractivity contribution in [2.75, 3.05) is 5.73 Å². The number of nitrogens with zero attached hydrogens (tertiary/aromatic N) is 4. The van der Waals surface area contributed by atoms with Gasteiger partial charge in [-0.25, -0.2) is 15.0 Å². The van der Waals surface area contributed by atoms with E-state index in [2.05, 4.69) is 15.0 Å². The second kappa shape index (κ2) is 7.50. The van der Waals surface area contributed by atoms with Crippen molar-refractivity contribution in [3.63, 3.8) is 0 Å². The standard InChI is InChI=1S/C15H22N6O5/c16-7(2-1-3-9(22)23)4-8-11(24)12(25)15(26-8)21-6-20-10-13(17)18-5-19-14(10)21/h5-8,11-12,15,24-25H,1-4,16H2,(H,22,23)(H2,17,18,19)/t7-,8-,11-,12-,15-/m1/s1. The van der Waals surface area contributed by atoms with Crippen LogP contribution in [0.2, 0.25) is 0 Å². The smallest absolute Gasteiger partial charge is 0.303 e. The minimum atomic E-state index is -1.19. The molecule has 142 valence electrons. The number of hydrogen-bond donors (Lipinski definition) is 5. The van der Waals surface area contributed by atoms with Crippen LogP contribution in [0.4, 0.5) is 5.82 Å². The molecule has 1 aliphatic heterocycles. The molecule has 0 radical (unpaired) electrons. The second-order valence-corrected chi connectivity index (χ2v) is 6.41. The number of anilines is 1. The van der Waals surface area contributed by atoms with Gasteiger partial charge in [-0.2, -0.15) is 0 Å². The average Bonchev–Trinajstić information content (AvgIpc) is 3.12. The number of hydrogen-bond acceptors (Lipinski definition) is 9. The lowest BCUT2D eigenvalue weighted by molar-refractivity contribution is -0.137. The van der Waals surface area contributed by atoms with Crippen LogP contribution in [0.1, 0.15) is 31.9 Å². The Hall–Kier alpha value is -2.34. The number of fused-ring (bicyclic) bond motifs is 1. The van der Waals surface area contributed by atoms with Gasteiger partial charge in [-0.3, -0.25) is 9.36 Å². The highest BCUT2D eigenvalue weighted by Gasteiger charge is 2.44. The molecule has 2 aromatic rings. The highest BCUT2D eigenvalue weighted by molar-refractivity contribution is 5.81. The molecule has 0 spiro atoms. The van der Waals surface area contributed by atoms with Crippen LogP contribution < -0.4 is 11.5 Å². The number of imidazole rings is 1. The van der Waals surface area contributed by atoms with Gasteiger partial charge in [0.05, 0.1) is 12.4 Å². The maximum absolute atomic E-state index is 10.6. The lowest BCUT2D eigenvalue weighted by atomic mass is 10.00. The Morgan fingerprint density at radius 2 is 2.08 bits per heavy atom. The van der Waals surface area contributed by atoms with Gasteiger partial charge in [-0.1, -0.05) is 0 Å². The Bertz CT molecular complexity index is 783. The summed E-state index contributed by atoms with van der Waals surface area (Å²) in [4.78, 5) is 22.6. The molecule has 1 fully saturated rings. The molecule has 0 bridgehead atoms. The maximum atomic E-state index is 10.6. The molecule has 0 saturated carbocycles. The molecule has 3 rings (SSSR count). The van der Waals surface area contributed by atoms with Gasteiger partial charge in [0.2, 0.25) is 0 Å². The molecule has 0 unspecified atom stereocenters. The minimum Gasteiger partial charge on any atom is -0.481 e. The topological polar surface area (TPSA) is 183 Å². The molecule has 2 aromatic heterocycles. The summed E-state index contributed by atoms with van der Waals surface area (Å²) < 4.78 is 7.30. The van der Waals surface area contributed by atoms with E-state index in [4.69, 9.17) is 21.3 Å². The zero-order valence-electron chi connectivity index (χ0n) is 14.0. The number of aliphatic hydroxyl groups is 2. The SMILES string of the molecule is Nc1ncnc2c1ncn2[C@@H]1O[C@H](C[C@H](N)CCCC(=O)O)[C@@H](O)[C@H]1O. The molecule has 11 heteroatoms. The Morgan fingerprint density at radius 1 is 1.31 bits per heavy atom. The molecular weight excluding hydrogens is 344 g/mol. The second-order valence-electron chi connectivity index (χ2n) is 6.41. The average molecular weight is 366 g/mol. The zero-order valence-corrected chi connectivity index (χ0v) is 14.0. The number of rotatable bonds is 7. The Kier molecular flexibility index (Phi) is 5.32. The largest absolute Gasteiger partial charge is 0.481 e. The number of carboxylic acid groups (broad SMARTS) is 1. The number of carboxylic acids is 1. The molecule has 0 aliphatic carbocycles. The first-order chi connectivity index (χ1) is 12.4. The third kappa shape index (κ3) is 3.60. The summed E-state index contributed by atoms with van der Waals surface area (Å²) in [6.45, 7) is 0. The normalized spacial score (nSPS) is 27.0. The third-order valence-corrected chi connectivity index (χ3v) is 4.50. The first-order valence-electron chi connectivity index (χ1n) is 8.30. The summed E-state index contributed by atoms with van der Waals surface area (Å²) in [6, 6.07) is -0.350. The fourth-order valence-corrected chi connectivity index (χ4v) is 3.14. The highest BCUT2D eigenvalue weighted by Crippen LogP contribution is 2.33. The first kappa shape index (κ1) is 18.5. The molecule has 1 saturated heterocycles. The van der Waals surface area contributed by atoms with Crippen molar-refractivity contribution >= 4 is 23.0 Å². The molecule has 1 aliphatic rings. The van der Waals surface area contributed by atoms with Gasteiger partial charge in [-0.05, 0) is 19.3 Å². The number of nitrogens with two attached hydrogens (primary N) is 2. The van der Waals surface area contributed by atoms with Gasteiger partial charge >= 0.3 is 5.97 Å². The van der Waals surface area contributed by atoms with E-state index in [0.717, 1.165) is 0 Å². The van der Waals surface area contributed by atoms with Gasteiger partial charge in [0, 0.05) is 12.5 Å². The number of ether oxygens (including phenoxy) is 1. The molecule has 11 nitrogen and oxygen atoms in total. The van der Waals surface area contributed by atoms with Crippen molar-refractivity contribution in [1.29, 1.82) is 0 Å². The summed E-state index contributed by atoms with van der Waals surface area (Å²) in [5.74, 6) is -0.670. The van der Waals surface area contributed by atoms with Crippen LogP contribution in [0.25, 0.3) is 11.2 Å². The van der Waals surface area contributed by atoms with Crippen molar-refractivity contribution in [2.24, 2.45) is 5.73 Å². The van der Waals surface area contributed by atoms with Crippen molar-refractivity contribution < 1.29 is 24.9 Å². The highest BCUT2D eigenvalue weighted by atomic mass is 16.6. The zero-order chi connectivity index (χ0) is 18.8. The Labute approximate surface area is 148 Å². The van der Waals surface area contributed by atoms with Crippen molar-refractivity contribution in [1.82, 2.24) is 19.5 Å². The summed E-state index contributed by atoms with van der Waals surface area (Å²) in [6.07, 6.45) is 0.0433. The summed E-state index contributed by atoms with van der Waals surface area (Å²) in [5.41, 5.74) is 12.5. The van der Waals surface area contributed by atoms with Crippen LogP contribution in [-0.2, 0) is 9.53 Å². The van der Waals surface area contributed by atoms with E-state index in [9.17, 15) is 15.0 Å². The molecule has 5 atom stereocenters. The van der Waals surface area contributed by atoms with Crippen LogP contribution in [0.3, 0.4) is 0 Å². The fraction of sp³-hybridized carbons (Fsp3) is 0.600. The van der Waals surface area contributed by atoms with Gasteiger partial charge < -0.3 is 31.5 Å². The van der Waals surface area contributed by atoms with Crippen LogP contribution in [-0.4, -0.2) is 65.2 Å². The van der Waals surface area contributed by atoms with E-state index >= 15 is 0 Å². The summed E-state index contributed by atoms with van der Waals surface area (Å²) >= 11 is 0. The molecule has 7 N–H and O–H groups in total. The van der Waals surface area contributed by atoms with Gasteiger partial charge in [0.1, 0.15) is 24.1 Å². The van der Waals surface area contributed by atoms with Crippen LogP contribution in [0.5, 0.6) is 0 Å². The lowest BCUT2D eigenvalue weighted by Gasteiger charge is -2.19. The maximum Gasteiger partial charge on any atom is 0.303 e. The van der Waals surface area contributed by atoms with Crippen molar-refractivity contribution in [3.8, 4) is 0 Å². The number of nitrogen functional groups attached to an aromatic ring is 1. The van der Waals surface area contributed by atoms with Gasteiger partial charge in [0.15, 0.2) is 17.7 Å². The van der Waals surface area contributed by atoms with E-state index in [1.54, 1.807) is 0 Å². The summed E-state index contributed by atoms with van der Waals surface area (Å²) in [5, 5.41) is 29.3. The minimum absolute atomic E-state index is 0.0369. The van der Waals surface area contributed by atoms with Crippen molar-refractivity contribution in [3.05, 3.63) is 12.7 Å². The molecule has 0 amide bonds.